The Morgan fingerprint density at radius 1 is 1.24 bits per heavy atom. The molecule has 0 saturated heterocycles. The van der Waals surface area contributed by atoms with Crippen LogP contribution in [0.3, 0.4) is 0 Å². The predicted octanol–water partition coefficient (Wildman–Crippen LogP) is 1.89. The van der Waals surface area contributed by atoms with Crippen molar-refractivity contribution in [3.8, 4) is 0 Å². The van der Waals surface area contributed by atoms with Gasteiger partial charge in [0, 0.05) is 31.2 Å². The van der Waals surface area contributed by atoms with Gasteiger partial charge < -0.3 is 10.2 Å². The largest absolute Gasteiger partial charge is 0.311 e. The molecular formula is C14H19N3. The molecule has 3 heteroatoms. The molecule has 0 radical (unpaired) electrons. The third-order valence-electron chi connectivity index (χ3n) is 2.73. The van der Waals surface area contributed by atoms with Gasteiger partial charge in [0.05, 0.1) is 5.52 Å². The molecule has 17 heavy (non-hydrogen) atoms. The minimum atomic E-state index is 0.915. The lowest BCUT2D eigenvalue weighted by atomic mass is 10.1. The van der Waals surface area contributed by atoms with Gasteiger partial charge in [-0.15, -0.1) is 0 Å². The average molecular weight is 229 g/mol. The highest BCUT2D eigenvalue weighted by atomic mass is 15.1. The van der Waals surface area contributed by atoms with Gasteiger partial charge in [0.25, 0.3) is 0 Å². The van der Waals surface area contributed by atoms with Crippen LogP contribution in [0.15, 0.2) is 36.5 Å². The van der Waals surface area contributed by atoms with E-state index in [1.807, 2.05) is 12.3 Å². The lowest BCUT2D eigenvalue weighted by Gasteiger charge is -2.10. The summed E-state index contributed by atoms with van der Waals surface area (Å²) >= 11 is 0. The molecule has 2 rings (SSSR count). The summed E-state index contributed by atoms with van der Waals surface area (Å²) in [5.74, 6) is 0. The molecule has 0 saturated carbocycles. The fourth-order valence-corrected chi connectivity index (χ4v) is 1.77. The summed E-state index contributed by atoms with van der Waals surface area (Å²) in [5.41, 5.74) is 2.37. The molecule has 0 amide bonds. The quantitative estimate of drug-likeness (QED) is 0.794. The van der Waals surface area contributed by atoms with Crippen molar-refractivity contribution in [2.45, 2.75) is 6.54 Å². The van der Waals surface area contributed by atoms with Crippen molar-refractivity contribution in [3.63, 3.8) is 0 Å². The first-order valence-electron chi connectivity index (χ1n) is 5.95. The summed E-state index contributed by atoms with van der Waals surface area (Å²) in [6.45, 7) is 2.99. The van der Waals surface area contributed by atoms with E-state index in [1.54, 1.807) is 0 Å². The standard InChI is InChI=1S/C14H19N3/c1-17(2)9-8-15-11-12-5-6-14-13(10-12)4-3-7-16-14/h3-7,10,15H,8-9,11H2,1-2H3. The van der Waals surface area contributed by atoms with Crippen LogP contribution < -0.4 is 5.32 Å². The van der Waals surface area contributed by atoms with Crippen LogP contribution in [-0.4, -0.2) is 37.1 Å². The summed E-state index contributed by atoms with van der Waals surface area (Å²) in [6.07, 6.45) is 1.83. The molecule has 0 aliphatic carbocycles. The molecule has 0 atom stereocenters. The number of nitrogens with zero attached hydrogens (tertiary/aromatic N) is 2. The van der Waals surface area contributed by atoms with Gasteiger partial charge in [-0.1, -0.05) is 12.1 Å². The topological polar surface area (TPSA) is 28.2 Å². The van der Waals surface area contributed by atoms with E-state index >= 15 is 0 Å². The summed E-state index contributed by atoms with van der Waals surface area (Å²) in [7, 11) is 4.17. The maximum absolute atomic E-state index is 4.31. The Hall–Kier alpha value is -1.45. The third-order valence-corrected chi connectivity index (χ3v) is 2.73. The van der Waals surface area contributed by atoms with Gasteiger partial charge in [-0.3, -0.25) is 4.98 Å². The van der Waals surface area contributed by atoms with Crippen LogP contribution in [0.1, 0.15) is 5.56 Å². The molecular weight excluding hydrogens is 210 g/mol. The van der Waals surface area contributed by atoms with Crippen molar-refractivity contribution >= 4 is 10.9 Å². The van der Waals surface area contributed by atoms with Gasteiger partial charge in [-0.25, -0.2) is 0 Å². The van der Waals surface area contributed by atoms with Gasteiger partial charge in [-0.2, -0.15) is 0 Å². The van der Waals surface area contributed by atoms with Crippen molar-refractivity contribution in [1.29, 1.82) is 0 Å². The smallest absolute Gasteiger partial charge is 0.0702 e. The SMILES string of the molecule is CN(C)CCNCc1ccc2ncccc2c1. The van der Waals surface area contributed by atoms with Crippen molar-refractivity contribution < 1.29 is 0 Å². The van der Waals surface area contributed by atoms with Gasteiger partial charge in [0.2, 0.25) is 0 Å². The number of fused-ring (bicyclic) bond motifs is 1. The Bertz CT molecular complexity index is 480. The molecule has 0 spiro atoms. The Balaban J connectivity index is 1.95. The zero-order valence-corrected chi connectivity index (χ0v) is 10.5. The molecule has 0 fully saturated rings. The van der Waals surface area contributed by atoms with Crippen LogP contribution in [0.25, 0.3) is 10.9 Å². The summed E-state index contributed by atoms with van der Waals surface area (Å²) in [6, 6.07) is 10.5. The minimum Gasteiger partial charge on any atom is -0.311 e. The van der Waals surface area contributed by atoms with Crippen LogP contribution in [-0.2, 0) is 6.54 Å². The zero-order valence-electron chi connectivity index (χ0n) is 10.5. The second-order valence-electron chi connectivity index (χ2n) is 4.51. The normalized spacial score (nSPS) is 11.2. The molecule has 1 aromatic heterocycles. The number of hydrogen-bond acceptors (Lipinski definition) is 3. The van der Waals surface area contributed by atoms with E-state index in [-0.39, 0.29) is 0 Å². The number of pyridine rings is 1. The minimum absolute atomic E-state index is 0.915. The van der Waals surface area contributed by atoms with Crippen molar-refractivity contribution in [1.82, 2.24) is 15.2 Å². The highest BCUT2D eigenvalue weighted by Gasteiger charge is 1.97. The molecule has 1 heterocycles. The molecule has 0 bridgehead atoms. The van der Waals surface area contributed by atoms with Crippen LogP contribution >= 0.6 is 0 Å². The maximum Gasteiger partial charge on any atom is 0.0702 e. The molecule has 2 aromatic rings. The fraction of sp³-hybridized carbons (Fsp3) is 0.357. The Kier molecular flexibility index (Phi) is 4.07. The third kappa shape index (κ3) is 3.51. The Morgan fingerprint density at radius 2 is 2.12 bits per heavy atom. The molecule has 1 aromatic carbocycles. The highest BCUT2D eigenvalue weighted by molar-refractivity contribution is 5.78. The lowest BCUT2D eigenvalue weighted by Crippen LogP contribution is -2.26. The highest BCUT2D eigenvalue weighted by Crippen LogP contribution is 2.12. The molecule has 0 aliphatic rings. The number of aromatic nitrogens is 1. The molecule has 0 unspecified atom stereocenters. The number of benzene rings is 1. The Morgan fingerprint density at radius 3 is 2.94 bits per heavy atom. The Labute approximate surface area is 102 Å². The molecule has 3 nitrogen and oxygen atoms in total. The average Bonchev–Trinajstić information content (AvgIpc) is 2.34. The van der Waals surface area contributed by atoms with Crippen molar-refractivity contribution in [2.75, 3.05) is 27.2 Å². The van der Waals surface area contributed by atoms with E-state index < -0.39 is 0 Å². The molecule has 0 aliphatic heterocycles. The second kappa shape index (κ2) is 5.75. The monoisotopic (exact) mass is 229 g/mol. The second-order valence-corrected chi connectivity index (χ2v) is 4.51. The fourth-order valence-electron chi connectivity index (χ4n) is 1.77. The van der Waals surface area contributed by atoms with Crippen LogP contribution in [0.5, 0.6) is 0 Å². The first-order chi connectivity index (χ1) is 8.25. The van der Waals surface area contributed by atoms with E-state index in [0.717, 1.165) is 25.2 Å². The summed E-state index contributed by atoms with van der Waals surface area (Å²) in [4.78, 5) is 6.49. The maximum atomic E-state index is 4.31. The van der Waals surface area contributed by atoms with Gasteiger partial charge in [0.1, 0.15) is 0 Å². The van der Waals surface area contributed by atoms with Crippen LogP contribution in [0, 0.1) is 0 Å². The molecule has 90 valence electrons. The van der Waals surface area contributed by atoms with Gasteiger partial charge >= 0.3 is 0 Å². The first kappa shape index (κ1) is 12.0. The van der Waals surface area contributed by atoms with E-state index in [0.29, 0.717) is 0 Å². The van der Waals surface area contributed by atoms with Crippen LogP contribution in [0.4, 0.5) is 0 Å². The molecule has 1 N–H and O–H groups in total. The number of nitrogens with one attached hydrogen (secondary N) is 1. The van der Waals surface area contributed by atoms with Crippen molar-refractivity contribution in [3.05, 3.63) is 42.1 Å². The zero-order chi connectivity index (χ0) is 12.1. The van der Waals surface area contributed by atoms with Gasteiger partial charge in [-0.05, 0) is 37.9 Å². The van der Waals surface area contributed by atoms with E-state index in [9.17, 15) is 0 Å². The van der Waals surface area contributed by atoms with E-state index in [4.69, 9.17) is 0 Å². The number of likely N-dealkylation sites (N-methyl/N-ethyl adjacent to an activating group) is 1. The van der Waals surface area contributed by atoms with Crippen molar-refractivity contribution in [2.24, 2.45) is 0 Å². The number of hydrogen-bond donors (Lipinski definition) is 1. The van der Waals surface area contributed by atoms with Gasteiger partial charge in [0.15, 0.2) is 0 Å². The van der Waals surface area contributed by atoms with E-state index in [2.05, 4.69) is 53.6 Å². The summed E-state index contributed by atoms with van der Waals surface area (Å²) < 4.78 is 0. The lowest BCUT2D eigenvalue weighted by molar-refractivity contribution is 0.400. The van der Waals surface area contributed by atoms with E-state index in [1.165, 1.54) is 10.9 Å². The summed E-state index contributed by atoms with van der Waals surface area (Å²) in [5, 5.41) is 4.64. The number of rotatable bonds is 5. The predicted molar refractivity (Wildman–Crippen MR) is 72.0 cm³/mol. The van der Waals surface area contributed by atoms with Crippen LogP contribution in [0.2, 0.25) is 0 Å². The first-order valence-corrected chi connectivity index (χ1v) is 5.95.